The van der Waals surface area contributed by atoms with Crippen molar-refractivity contribution in [2.45, 2.75) is 19.0 Å². The molecule has 3 heterocycles. The summed E-state index contributed by atoms with van der Waals surface area (Å²) in [7, 11) is 0. The molecule has 0 aromatic carbocycles. The quantitative estimate of drug-likeness (QED) is 0.871. The third kappa shape index (κ3) is 2.88. The highest BCUT2D eigenvalue weighted by molar-refractivity contribution is 7.07. The molecule has 1 N–H and O–H groups in total. The number of hydrogen-bond donors (Lipinski definition) is 1. The summed E-state index contributed by atoms with van der Waals surface area (Å²) >= 11 is 1.80. The van der Waals surface area contributed by atoms with E-state index in [2.05, 4.69) is 31.9 Å². The second kappa shape index (κ2) is 5.48. The van der Waals surface area contributed by atoms with Crippen molar-refractivity contribution < 1.29 is 0 Å². The number of nitrogens with one attached hydrogen (secondary N) is 1. The Bertz CT molecular complexity index is 324. The van der Waals surface area contributed by atoms with Gasteiger partial charge in [0.05, 0.1) is 0 Å². The first kappa shape index (κ1) is 11.7. The molecule has 2 aliphatic heterocycles. The van der Waals surface area contributed by atoms with Crippen LogP contribution in [0.5, 0.6) is 0 Å². The van der Waals surface area contributed by atoms with Crippen molar-refractivity contribution in [3.63, 3.8) is 0 Å². The summed E-state index contributed by atoms with van der Waals surface area (Å²) in [5, 5.41) is 7.91. The molecule has 2 aliphatic rings. The monoisotopic (exact) mass is 251 g/mol. The van der Waals surface area contributed by atoms with Crippen LogP contribution in [0.25, 0.3) is 0 Å². The molecule has 1 unspecified atom stereocenters. The van der Waals surface area contributed by atoms with Gasteiger partial charge < -0.3 is 5.32 Å². The molecule has 1 aromatic rings. The van der Waals surface area contributed by atoms with Gasteiger partial charge in [-0.2, -0.15) is 11.3 Å². The van der Waals surface area contributed by atoms with Gasteiger partial charge in [-0.3, -0.25) is 9.80 Å². The van der Waals surface area contributed by atoms with Gasteiger partial charge in [0.1, 0.15) is 0 Å². The van der Waals surface area contributed by atoms with Gasteiger partial charge in [-0.1, -0.05) is 0 Å². The van der Waals surface area contributed by atoms with Crippen LogP contribution < -0.4 is 5.32 Å². The van der Waals surface area contributed by atoms with Crippen LogP contribution in [-0.2, 0) is 6.54 Å². The van der Waals surface area contributed by atoms with Crippen molar-refractivity contribution in [3.8, 4) is 0 Å². The average molecular weight is 251 g/mol. The van der Waals surface area contributed by atoms with Gasteiger partial charge in [-0.25, -0.2) is 0 Å². The predicted octanol–water partition coefficient (Wildman–Crippen LogP) is 1.23. The molecular weight excluding hydrogens is 230 g/mol. The molecule has 0 spiro atoms. The SMILES string of the molecule is c1cc(CN2CCN(C3CCNC3)CC2)cs1. The lowest BCUT2D eigenvalue weighted by molar-refractivity contribution is 0.0982. The van der Waals surface area contributed by atoms with Crippen molar-refractivity contribution in [2.24, 2.45) is 0 Å². The summed E-state index contributed by atoms with van der Waals surface area (Å²) in [6, 6.07) is 3.05. The van der Waals surface area contributed by atoms with Crippen LogP contribution in [-0.4, -0.2) is 55.1 Å². The maximum atomic E-state index is 3.46. The fourth-order valence-corrected chi connectivity index (χ4v) is 3.54. The van der Waals surface area contributed by atoms with Gasteiger partial charge in [0, 0.05) is 45.3 Å². The molecule has 1 atom stereocenters. The Morgan fingerprint density at radius 1 is 1.29 bits per heavy atom. The molecule has 0 bridgehead atoms. The Labute approximate surface area is 107 Å². The summed E-state index contributed by atoms with van der Waals surface area (Å²) in [6.45, 7) is 8.50. The van der Waals surface area contributed by atoms with Crippen LogP contribution in [0.3, 0.4) is 0 Å². The molecule has 17 heavy (non-hydrogen) atoms. The lowest BCUT2D eigenvalue weighted by atomic mass is 10.2. The highest BCUT2D eigenvalue weighted by Crippen LogP contribution is 2.15. The zero-order valence-corrected chi connectivity index (χ0v) is 11.1. The maximum Gasteiger partial charge on any atom is 0.0243 e. The Kier molecular flexibility index (Phi) is 3.76. The molecule has 4 heteroatoms. The van der Waals surface area contributed by atoms with Gasteiger partial charge in [-0.05, 0) is 35.4 Å². The van der Waals surface area contributed by atoms with Crippen molar-refractivity contribution in [3.05, 3.63) is 22.4 Å². The van der Waals surface area contributed by atoms with Crippen LogP contribution in [0.2, 0.25) is 0 Å². The summed E-state index contributed by atoms with van der Waals surface area (Å²) in [6.07, 6.45) is 1.34. The van der Waals surface area contributed by atoms with Crippen molar-refractivity contribution >= 4 is 11.3 Å². The summed E-state index contributed by atoms with van der Waals surface area (Å²) in [4.78, 5) is 5.26. The minimum absolute atomic E-state index is 0.804. The second-order valence-electron chi connectivity index (χ2n) is 5.09. The highest BCUT2D eigenvalue weighted by Gasteiger charge is 2.25. The molecule has 0 radical (unpaired) electrons. The molecule has 0 aliphatic carbocycles. The van der Waals surface area contributed by atoms with E-state index in [-0.39, 0.29) is 0 Å². The molecule has 3 nitrogen and oxygen atoms in total. The third-order valence-corrected chi connectivity index (χ3v) is 4.68. The minimum Gasteiger partial charge on any atom is -0.315 e. The third-order valence-electron chi connectivity index (χ3n) is 3.94. The van der Waals surface area contributed by atoms with E-state index in [1.54, 1.807) is 11.3 Å². The molecular formula is C13H21N3S. The van der Waals surface area contributed by atoms with Gasteiger partial charge >= 0.3 is 0 Å². The minimum atomic E-state index is 0.804. The molecule has 2 saturated heterocycles. The zero-order valence-electron chi connectivity index (χ0n) is 10.3. The molecule has 2 fully saturated rings. The van der Waals surface area contributed by atoms with Crippen LogP contribution in [0.4, 0.5) is 0 Å². The number of rotatable bonds is 3. The average Bonchev–Trinajstić information content (AvgIpc) is 3.01. The second-order valence-corrected chi connectivity index (χ2v) is 5.87. The van der Waals surface area contributed by atoms with E-state index in [1.165, 1.54) is 51.3 Å². The topological polar surface area (TPSA) is 18.5 Å². The van der Waals surface area contributed by atoms with E-state index in [4.69, 9.17) is 0 Å². The number of nitrogens with zero attached hydrogens (tertiary/aromatic N) is 2. The fraction of sp³-hybridized carbons (Fsp3) is 0.692. The molecule has 94 valence electrons. The van der Waals surface area contributed by atoms with E-state index in [0.29, 0.717) is 0 Å². The van der Waals surface area contributed by atoms with Gasteiger partial charge in [-0.15, -0.1) is 0 Å². The first-order chi connectivity index (χ1) is 8.42. The largest absolute Gasteiger partial charge is 0.315 e. The summed E-state index contributed by atoms with van der Waals surface area (Å²) in [5.41, 5.74) is 1.48. The molecule has 0 amide bonds. The van der Waals surface area contributed by atoms with E-state index < -0.39 is 0 Å². The summed E-state index contributed by atoms with van der Waals surface area (Å²) in [5.74, 6) is 0. The van der Waals surface area contributed by atoms with Gasteiger partial charge in [0.2, 0.25) is 0 Å². The normalized spacial score (nSPS) is 27.6. The van der Waals surface area contributed by atoms with E-state index >= 15 is 0 Å². The number of thiophene rings is 1. The van der Waals surface area contributed by atoms with Crippen molar-refractivity contribution in [1.29, 1.82) is 0 Å². The van der Waals surface area contributed by atoms with Crippen LogP contribution in [0, 0.1) is 0 Å². The maximum absolute atomic E-state index is 3.46. The fourth-order valence-electron chi connectivity index (χ4n) is 2.88. The first-order valence-electron chi connectivity index (χ1n) is 6.60. The first-order valence-corrected chi connectivity index (χ1v) is 7.54. The Morgan fingerprint density at radius 2 is 2.18 bits per heavy atom. The summed E-state index contributed by atoms with van der Waals surface area (Å²) < 4.78 is 0. The van der Waals surface area contributed by atoms with Gasteiger partial charge in [0.25, 0.3) is 0 Å². The smallest absolute Gasteiger partial charge is 0.0243 e. The zero-order chi connectivity index (χ0) is 11.5. The van der Waals surface area contributed by atoms with E-state index in [9.17, 15) is 0 Å². The van der Waals surface area contributed by atoms with Crippen molar-refractivity contribution in [1.82, 2.24) is 15.1 Å². The van der Waals surface area contributed by atoms with Crippen LogP contribution in [0.1, 0.15) is 12.0 Å². The Hall–Kier alpha value is -0.420. The van der Waals surface area contributed by atoms with Crippen LogP contribution in [0.15, 0.2) is 16.8 Å². The lowest BCUT2D eigenvalue weighted by Crippen LogP contribution is -2.50. The molecule has 1 aromatic heterocycles. The van der Waals surface area contributed by atoms with Crippen molar-refractivity contribution in [2.75, 3.05) is 39.3 Å². The highest BCUT2D eigenvalue weighted by atomic mass is 32.1. The predicted molar refractivity (Wildman–Crippen MR) is 72.4 cm³/mol. The Morgan fingerprint density at radius 3 is 2.82 bits per heavy atom. The van der Waals surface area contributed by atoms with Gasteiger partial charge in [0.15, 0.2) is 0 Å². The van der Waals surface area contributed by atoms with E-state index in [0.717, 1.165) is 12.6 Å². The Balaban J connectivity index is 1.47. The van der Waals surface area contributed by atoms with E-state index in [1.807, 2.05) is 0 Å². The lowest BCUT2D eigenvalue weighted by Gasteiger charge is -2.37. The molecule has 3 rings (SSSR count). The molecule has 0 saturated carbocycles. The standard InChI is InChI=1S/C13H21N3S/c1-3-14-9-13(1)16-6-4-15(5-7-16)10-12-2-8-17-11-12/h2,8,11,13-14H,1,3-7,9-10H2. The van der Waals surface area contributed by atoms with Crippen LogP contribution >= 0.6 is 11.3 Å². The number of piperazine rings is 1. The number of hydrogen-bond acceptors (Lipinski definition) is 4.